The lowest BCUT2D eigenvalue weighted by molar-refractivity contribution is 0.677. The molecule has 3 aromatic heterocycles. The summed E-state index contributed by atoms with van der Waals surface area (Å²) < 4.78 is 0. The zero-order valence-corrected chi connectivity index (χ0v) is 15.1. The number of aryl methyl sites for hydroxylation is 2. The van der Waals surface area contributed by atoms with Crippen molar-refractivity contribution < 1.29 is 0 Å². The summed E-state index contributed by atoms with van der Waals surface area (Å²) in [5.41, 5.74) is 3.08. The van der Waals surface area contributed by atoms with Gasteiger partial charge in [-0.15, -0.1) is 11.3 Å². The standard InChI is InChI=1S/C18H20N6S/c1-12-9-14(23-18-21-11-13(2)25-18)10-15(22-12)16-5-3-8-24(16)17-19-6-4-7-20-17/h4,6-7,9-11,16H,3,5,8H2,1-2H3,(H,21,22,23). The Morgan fingerprint density at radius 1 is 1.16 bits per heavy atom. The molecule has 4 rings (SSSR count). The third kappa shape index (κ3) is 3.46. The van der Waals surface area contributed by atoms with E-state index in [0.29, 0.717) is 0 Å². The number of rotatable bonds is 4. The van der Waals surface area contributed by atoms with Gasteiger partial charge in [-0.2, -0.15) is 0 Å². The molecule has 1 aliphatic heterocycles. The molecule has 1 unspecified atom stereocenters. The van der Waals surface area contributed by atoms with Crippen LogP contribution in [-0.2, 0) is 0 Å². The van der Waals surface area contributed by atoms with E-state index >= 15 is 0 Å². The van der Waals surface area contributed by atoms with Gasteiger partial charge in [-0.05, 0) is 44.9 Å². The minimum atomic E-state index is 0.209. The predicted molar refractivity (Wildman–Crippen MR) is 100 cm³/mol. The first-order chi connectivity index (χ1) is 12.2. The van der Waals surface area contributed by atoms with E-state index in [1.807, 2.05) is 19.2 Å². The van der Waals surface area contributed by atoms with Crippen molar-refractivity contribution >= 4 is 28.1 Å². The van der Waals surface area contributed by atoms with Crippen molar-refractivity contribution in [3.63, 3.8) is 0 Å². The van der Waals surface area contributed by atoms with Crippen LogP contribution < -0.4 is 10.2 Å². The van der Waals surface area contributed by atoms with Crippen molar-refractivity contribution in [2.45, 2.75) is 32.7 Å². The number of nitrogens with one attached hydrogen (secondary N) is 1. The number of aromatic nitrogens is 4. The normalized spacial score (nSPS) is 17.0. The Morgan fingerprint density at radius 3 is 2.76 bits per heavy atom. The second-order valence-electron chi connectivity index (χ2n) is 6.22. The molecule has 4 heterocycles. The first-order valence-electron chi connectivity index (χ1n) is 8.41. The number of anilines is 3. The third-order valence-electron chi connectivity index (χ3n) is 4.25. The van der Waals surface area contributed by atoms with Crippen LogP contribution in [-0.4, -0.2) is 26.5 Å². The number of pyridine rings is 1. The van der Waals surface area contributed by atoms with Crippen LogP contribution in [0.2, 0.25) is 0 Å². The molecule has 0 radical (unpaired) electrons. The van der Waals surface area contributed by atoms with Gasteiger partial charge in [0.15, 0.2) is 5.13 Å². The molecule has 0 bridgehead atoms. The van der Waals surface area contributed by atoms with E-state index in [1.54, 1.807) is 23.7 Å². The second-order valence-corrected chi connectivity index (χ2v) is 7.46. The topological polar surface area (TPSA) is 66.8 Å². The minimum Gasteiger partial charge on any atom is -0.332 e. The van der Waals surface area contributed by atoms with Crippen LogP contribution in [0.15, 0.2) is 36.8 Å². The quantitative estimate of drug-likeness (QED) is 0.765. The fourth-order valence-electron chi connectivity index (χ4n) is 3.23. The molecular weight excluding hydrogens is 332 g/mol. The highest BCUT2D eigenvalue weighted by Gasteiger charge is 2.29. The molecule has 1 atom stereocenters. The molecule has 128 valence electrons. The molecule has 1 N–H and O–H groups in total. The lowest BCUT2D eigenvalue weighted by Crippen LogP contribution is -2.25. The number of hydrogen-bond acceptors (Lipinski definition) is 7. The highest BCUT2D eigenvalue weighted by Crippen LogP contribution is 2.35. The van der Waals surface area contributed by atoms with E-state index in [1.165, 1.54) is 4.88 Å². The first-order valence-corrected chi connectivity index (χ1v) is 9.22. The van der Waals surface area contributed by atoms with Crippen molar-refractivity contribution in [1.82, 2.24) is 19.9 Å². The van der Waals surface area contributed by atoms with Gasteiger partial charge in [-0.3, -0.25) is 4.98 Å². The molecule has 1 fully saturated rings. The smallest absolute Gasteiger partial charge is 0.225 e. The summed E-state index contributed by atoms with van der Waals surface area (Å²) in [5, 5.41) is 4.31. The van der Waals surface area contributed by atoms with E-state index in [4.69, 9.17) is 4.98 Å². The molecule has 0 aromatic carbocycles. The summed E-state index contributed by atoms with van der Waals surface area (Å²) in [6.45, 7) is 5.04. The fraction of sp³-hybridized carbons (Fsp3) is 0.333. The maximum atomic E-state index is 4.78. The number of hydrogen-bond donors (Lipinski definition) is 1. The molecule has 0 amide bonds. The fourth-order valence-corrected chi connectivity index (χ4v) is 3.91. The zero-order chi connectivity index (χ0) is 17.2. The van der Waals surface area contributed by atoms with Gasteiger partial charge in [0.25, 0.3) is 0 Å². The van der Waals surface area contributed by atoms with Crippen molar-refractivity contribution in [2.24, 2.45) is 0 Å². The molecular formula is C18H20N6S. The van der Waals surface area contributed by atoms with Crippen molar-refractivity contribution in [2.75, 3.05) is 16.8 Å². The molecule has 6 nitrogen and oxygen atoms in total. The summed E-state index contributed by atoms with van der Waals surface area (Å²) in [6, 6.07) is 6.23. The Hall–Kier alpha value is -2.54. The van der Waals surface area contributed by atoms with E-state index in [0.717, 1.165) is 47.5 Å². The van der Waals surface area contributed by atoms with E-state index in [-0.39, 0.29) is 6.04 Å². The van der Waals surface area contributed by atoms with E-state index in [9.17, 15) is 0 Å². The monoisotopic (exact) mass is 352 g/mol. The van der Waals surface area contributed by atoms with Gasteiger partial charge < -0.3 is 10.2 Å². The lowest BCUT2D eigenvalue weighted by Gasteiger charge is -2.24. The maximum absolute atomic E-state index is 4.78. The van der Waals surface area contributed by atoms with Gasteiger partial charge in [0.1, 0.15) is 0 Å². The van der Waals surface area contributed by atoms with Crippen molar-refractivity contribution in [3.05, 3.63) is 53.1 Å². The van der Waals surface area contributed by atoms with Crippen molar-refractivity contribution in [1.29, 1.82) is 0 Å². The SMILES string of the molecule is Cc1cc(Nc2ncc(C)s2)cc(C2CCCN2c2ncccn2)n1. The molecule has 7 heteroatoms. The Bertz CT molecular complexity index is 863. The highest BCUT2D eigenvalue weighted by molar-refractivity contribution is 7.15. The summed E-state index contributed by atoms with van der Waals surface area (Å²) in [7, 11) is 0. The summed E-state index contributed by atoms with van der Waals surface area (Å²) in [5.74, 6) is 0.776. The van der Waals surface area contributed by atoms with Crippen LogP contribution in [0.3, 0.4) is 0 Å². The van der Waals surface area contributed by atoms with Crippen LogP contribution in [0, 0.1) is 13.8 Å². The predicted octanol–water partition coefficient (Wildman–Crippen LogP) is 4.03. The number of thiazole rings is 1. The maximum Gasteiger partial charge on any atom is 0.225 e. The average molecular weight is 352 g/mol. The Balaban J connectivity index is 1.63. The average Bonchev–Trinajstić information content (AvgIpc) is 3.24. The first kappa shape index (κ1) is 16.0. The van der Waals surface area contributed by atoms with E-state index in [2.05, 4.69) is 44.2 Å². The second kappa shape index (κ2) is 6.76. The molecule has 0 aliphatic carbocycles. The van der Waals surface area contributed by atoms with Gasteiger partial charge in [-0.1, -0.05) is 0 Å². The van der Waals surface area contributed by atoms with Gasteiger partial charge >= 0.3 is 0 Å². The van der Waals surface area contributed by atoms with Gasteiger partial charge in [0.2, 0.25) is 5.95 Å². The van der Waals surface area contributed by atoms with Crippen LogP contribution in [0.5, 0.6) is 0 Å². The molecule has 3 aromatic rings. The molecule has 1 aliphatic rings. The summed E-state index contributed by atoms with van der Waals surface area (Å²) in [4.78, 5) is 21.4. The van der Waals surface area contributed by atoms with Crippen LogP contribution >= 0.6 is 11.3 Å². The summed E-state index contributed by atoms with van der Waals surface area (Å²) in [6.07, 6.45) is 7.64. The molecule has 25 heavy (non-hydrogen) atoms. The lowest BCUT2D eigenvalue weighted by atomic mass is 10.1. The third-order valence-corrected chi connectivity index (χ3v) is 5.08. The minimum absolute atomic E-state index is 0.209. The molecule has 0 spiro atoms. The molecule has 0 saturated carbocycles. The Labute approximate surface area is 151 Å². The van der Waals surface area contributed by atoms with Crippen LogP contribution in [0.1, 0.15) is 35.1 Å². The zero-order valence-electron chi connectivity index (χ0n) is 14.3. The Kier molecular flexibility index (Phi) is 4.31. The number of nitrogens with zero attached hydrogens (tertiary/aromatic N) is 5. The summed E-state index contributed by atoms with van der Waals surface area (Å²) >= 11 is 1.65. The van der Waals surface area contributed by atoms with Crippen LogP contribution in [0.4, 0.5) is 16.8 Å². The van der Waals surface area contributed by atoms with Gasteiger partial charge in [0, 0.05) is 41.4 Å². The van der Waals surface area contributed by atoms with Gasteiger partial charge in [0.05, 0.1) is 11.7 Å². The van der Waals surface area contributed by atoms with E-state index < -0.39 is 0 Å². The van der Waals surface area contributed by atoms with Gasteiger partial charge in [-0.25, -0.2) is 15.0 Å². The Morgan fingerprint density at radius 2 is 2.00 bits per heavy atom. The largest absolute Gasteiger partial charge is 0.332 e. The van der Waals surface area contributed by atoms with Crippen LogP contribution in [0.25, 0.3) is 0 Å². The van der Waals surface area contributed by atoms with Crippen molar-refractivity contribution in [3.8, 4) is 0 Å². The highest BCUT2D eigenvalue weighted by atomic mass is 32.1. The molecule has 1 saturated heterocycles.